The maximum atomic E-state index is 6.84. The van der Waals surface area contributed by atoms with Crippen molar-refractivity contribution >= 4 is 45.7 Å². The Bertz CT molecular complexity index is 3440. The van der Waals surface area contributed by atoms with Crippen molar-refractivity contribution in [1.29, 1.82) is 0 Å². The highest BCUT2D eigenvalue weighted by Crippen LogP contribution is 2.66. The summed E-state index contributed by atoms with van der Waals surface area (Å²) in [6.07, 6.45) is 47.5. The molecule has 2 aliphatic heterocycles. The largest absolute Gasteiger partial charge is 0.457 e. The monoisotopic (exact) mass is 937 g/mol. The number of rotatable bonds is 11. The summed E-state index contributed by atoms with van der Waals surface area (Å²) < 4.78 is 9.22. The summed E-state index contributed by atoms with van der Waals surface area (Å²) in [5.74, 6) is 8.48. The first-order chi connectivity index (χ1) is 35.6. The van der Waals surface area contributed by atoms with Crippen molar-refractivity contribution in [2.45, 2.75) is 63.2 Å². The normalized spacial score (nSPS) is 26.7. The van der Waals surface area contributed by atoms with E-state index in [4.69, 9.17) is 9.72 Å². The van der Waals surface area contributed by atoms with E-state index in [1.54, 1.807) is 5.47 Å². The van der Waals surface area contributed by atoms with Crippen LogP contribution >= 0.6 is 0 Å². The number of nitrogens with zero attached hydrogens (tertiary/aromatic N) is 3. The summed E-state index contributed by atoms with van der Waals surface area (Å²) in [4.78, 5) is 7.66. The summed E-state index contributed by atoms with van der Waals surface area (Å²) in [6, 6.07) is 37.1. The molecule has 2 N–H and O–H groups in total. The number of nitrogens with one attached hydrogen (secondary N) is 2. The van der Waals surface area contributed by atoms with Gasteiger partial charge in [-0.05, 0) is 177 Å². The second kappa shape index (κ2) is 18.0. The zero-order valence-electron chi connectivity index (χ0n) is 40.8. The Balaban J connectivity index is 0.793. The molecule has 15 rings (SSSR count). The van der Waals surface area contributed by atoms with Crippen LogP contribution in [-0.2, 0) is 5.41 Å². The molecule has 4 heterocycles. The van der Waals surface area contributed by atoms with Crippen LogP contribution in [0.2, 0.25) is 0 Å². The van der Waals surface area contributed by atoms with Crippen LogP contribution < -0.4 is 15.4 Å². The topological polar surface area (TPSA) is 54.4 Å². The number of hydrogen-bond acceptors (Lipinski definition) is 5. The lowest BCUT2D eigenvalue weighted by Crippen LogP contribution is -2.60. The van der Waals surface area contributed by atoms with Crippen molar-refractivity contribution in [3.8, 4) is 17.3 Å². The SMILES string of the molecule is C1=CCC(C2=C(Nc3ccccc3Nc3cccc(Oc4ccc5c6ccccc6n(-c6cc(C7(C8=CC=CN9C=CC=CB89)C8CC9CC(C8)CC7C9)ccn6)c5c4)c3)C(C3=CCCC=C3)CC=C2)C=C1. The van der Waals surface area contributed by atoms with Crippen molar-refractivity contribution in [2.75, 3.05) is 10.6 Å². The third kappa shape index (κ3) is 7.42. The molecule has 72 heavy (non-hydrogen) atoms. The molecule has 0 spiro atoms. The molecule has 9 aliphatic rings. The Morgan fingerprint density at radius 1 is 0.653 bits per heavy atom. The van der Waals surface area contributed by atoms with E-state index in [0.717, 1.165) is 82.9 Å². The van der Waals surface area contributed by atoms with Crippen LogP contribution in [0.4, 0.5) is 17.1 Å². The van der Waals surface area contributed by atoms with Crippen LogP contribution in [0.1, 0.15) is 63.4 Å². The number of aromatic nitrogens is 2. The zero-order chi connectivity index (χ0) is 47.6. The van der Waals surface area contributed by atoms with E-state index in [2.05, 4.69) is 221 Å². The number of pyridine rings is 1. The van der Waals surface area contributed by atoms with E-state index in [0.29, 0.717) is 17.8 Å². The van der Waals surface area contributed by atoms with Crippen LogP contribution in [0.3, 0.4) is 0 Å². The van der Waals surface area contributed by atoms with Gasteiger partial charge in [0.2, 0.25) is 0 Å². The third-order valence-corrected chi connectivity index (χ3v) is 17.5. The number of fused-ring (bicyclic) bond motifs is 4. The van der Waals surface area contributed by atoms with Gasteiger partial charge in [0.05, 0.1) is 22.4 Å². The lowest BCUT2D eigenvalue weighted by atomic mass is 9.33. The van der Waals surface area contributed by atoms with Crippen molar-refractivity contribution in [3.63, 3.8) is 0 Å². The maximum Gasteiger partial charge on any atom is 0.316 e. The first kappa shape index (κ1) is 43.3. The maximum absolute atomic E-state index is 6.84. The number of hydrogen-bond donors (Lipinski definition) is 2. The minimum absolute atomic E-state index is 0.0540. The van der Waals surface area contributed by atoms with Gasteiger partial charge in [0.15, 0.2) is 0 Å². The molecule has 6 nitrogen and oxygen atoms in total. The van der Waals surface area contributed by atoms with E-state index >= 15 is 0 Å². The average Bonchev–Trinajstić information content (AvgIpc) is 3.76. The number of ether oxygens (including phenoxy) is 1. The van der Waals surface area contributed by atoms with Gasteiger partial charge in [-0.2, -0.15) is 0 Å². The average molecular weight is 938 g/mol. The van der Waals surface area contributed by atoms with E-state index < -0.39 is 0 Å². The minimum atomic E-state index is -0.0540. The van der Waals surface area contributed by atoms with Crippen molar-refractivity contribution in [3.05, 3.63) is 235 Å². The van der Waals surface area contributed by atoms with Gasteiger partial charge in [-0.1, -0.05) is 115 Å². The Morgan fingerprint density at radius 3 is 2.32 bits per heavy atom. The fourth-order valence-corrected chi connectivity index (χ4v) is 14.7. The standard InChI is InChI=1S/C65H60BN5O/c1-3-16-46(17-4-1)54-23-14-24-55(47-18-5-2-6-19-47)64(54)69-59-26-9-8-25-58(59)68-51-20-13-21-52(42-51)72-53-29-30-57-56-22-7-10-27-60(56)71(61(57)43-53)63-41-48(31-33-67-63)65(49-37-44-36-45(39-49)40-50(65)38-44)62-28-15-35-70-34-12-11-32-66(62)70/h1,3-5,7-16,18-23,25-35,41-46,49-50,55,68-69H,2,6,17,24,36-40H2. The van der Waals surface area contributed by atoms with Crippen molar-refractivity contribution in [1.82, 2.24) is 14.4 Å². The Kier molecular flexibility index (Phi) is 10.8. The first-order valence-corrected chi connectivity index (χ1v) is 26.7. The van der Waals surface area contributed by atoms with E-state index in [-0.39, 0.29) is 18.2 Å². The van der Waals surface area contributed by atoms with Crippen molar-refractivity contribution in [2.24, 2.45) is 35.5 Å². The number of benzene rings is 4. The fraction of sp³-hybridized carbons (Fsp3) is 0.246. The first-order valence-electron chi connectivity index (χ1n) is 26.7. The Labute approximate surface area is 424 Å². The summed E-state index contributed by atoms with van der Waals surface area (Å²) in [7, 11) is 0. The molecule has 6 aromatic rings. The van der Waals surface area contributed by atoms with Crippen LogP contribution in [-0.4, -0.2) is 21.2 Å². The summed E-state index contributed by atoms with van der Waals surface area (Å²) in [5, 5.41) is 10.2. The minimum Gasteiger partial charge on any atom is -0.457 e. The molecule has 2 atom stereocenters. The van der Waals surface area contributed by atoms with Gasteiger partial charge in [0.1, 0.15) is 17.3 Å². The van der Waals surface area contributed by atoms with Crippen LogP contribution in [0.25, 0.3) is 27.6 Å². The fourth-order valence-electron chi connectivity index (χ4n) is 14.7. The van der Waals surface area contributed by atoms with Crippen molar-refractivity contribution < 1.29 is 4.74 Å². The molecule has 4 fully saturated rings. The second-order valence-electron chi connectivity index (χ2n) is 21.5. The molecule has 354 valence electrons. The highest BCUT2D eigenvalue weighted by atomic mass is 16.5. The predicted octanol–water partition coefficient (Wildman–Crippen LogP) is 16.0. The molecule has 4 bridgehead atoms. The van der Waals surface area contributed by atoms with Gasteiger partial charge >= 0.3 is 6.85 Å². The van der Waals surface area contributed by atoms with Crippen LogP contribution in [0.15, 0.2) is 229 Å². The molecule has 0 radical (unpaired) electrons. The second-order valence-corrected chi connectivity index (χ2v) is 21.5. The van der Waals surface area contributed by atoms with E-state index in [1.165, 1.54) is 65.3 Å². The molecule has 4 aromatic carbocycles. The van der Waals surface area contributed by atoms with Gasteiger partial charge in [-0.3, -0.25) is 4.57 Å². The molecule has 4 saturated carbocycles. The molecule has 2 aromatic heterocycles. The third-order valence-electron chi connectivity index (χ3n) is 17.5. The highest BCUT2D eigenvalue weighted by molar-refractivity contribution is 6.70. The molecule has 0 amide bonds. The quantitative estimate of drug-likeness (QED) is 0.127. The van der Waals surface area contributed by atoms with Gasteiger partial charge in [-0.25, -0.2) is 4.98 Å². The van der Waals surface area contributed by atoms with Gasteiger partial charge in [-0.15, -0.1) is 0 Å². The highest BCUT2D eigenvalue weighted by Gasteiger charge is 2.61. The Morgan fingerprint density at radius 2 is 1.47 bits per heavy atom. The van der Waals surface area contributed by atoms with E-state index in [1.807, 2.05) is 6.07 Å². The molecule has 7 aliphatic carbocycles. The van der Waals surface area contributed by atoms with Gasteiger partial charge < -0.3 is 20.2 Å². The molecular weight excluding hydrogens is 878 g/mol. The predicted molar refractivity (Wildman–Crippen MR) is 297 cm³/mol. The van der Waals surface area contributed by atoms with Gasteiger partial charge in [0.25, 0.3) is 0 Å². The lowest BCUT2D eigenvalue weighted by molar-refractivity contribution is -0.0411. The van der Waals surface area contributed by atoms with Crippen LogP contribution in [0.5, 0.6) is 11.5 Å². The summed E-state index contributed by atoms with van der Waals surface area (Å²) in [5.41, 5.74) is 12.2. The number of allylic oxidation sites excluding steroid dienone is 16. The van der Waals surface area contributed by atoms with Gasteiger partial charge in [0, 0.05) is 57.7 Å². The van der Waals surface area contributed by atoms with E-state index in [9.17, 15) is 0 Å². The summed E-state index contributed by atoms with van der Waals surface area (Å²) in [6.45, 7) is 0.226. The summed E-state index contributed by atoms with van der Waals surface area (Å²) >= 11 is 0. The lowest BCUT2D eigenvalue weighted by Gasteiger charge is -2.63. The molecule has 0 saturated heterocycles. The Hall–Kier alpha value is -7.51. The molecular formula is C65H60BN5O. The smallest absolute Gasteiger partial charge is 0.316 e. The number of anilines is 3. The van der Waals surface area contributed by atoms with Crippen LogP contribution in [0, 0.1) is 35.5 Å². The zero-order valence-corrected chi connectivity index (χ0v) is 40.8. The molecule has 2 unspecified atom stereocenters. The number of para-hydroxylation sites is 3. The molecule has 7 heteroatoms.